The van der Waals surface area contributed by atoms with Crippen LogP contribution in [0.25, 0.3) is 0 Å². The van der Waals surface area contributed by atoms with Gasteiger partial charge in [0.15, 0.2) is 0 Å². The maximum atomic E-state index is 5.55. The molecule has 0 bridgehead atoms. The molecule has 0 spiro atoms. The molecule has 2 aromatic heterocycles. The van der Waals surface area contributed by atoms with Gasteiger partial charge in [0, 0.05) is 19.8 Å². The standard InChI is InChI=1S/C13H18N4O/c1-10-4-5-12(18-10)9-17(3)13-8-15-7-11(16-13)6-14-2/h4-5,7-8,14H,6,9H2,1-3H3. The van der Waals surface area contributed by atoms with Crippen molar-refractivity contribution in [2.24, 2.45) is 0 Å². The Labute approximate surface area is 107 Å². The highest BCUT2D eigenvalue weighted by atomic mass is 16.3. The summed E-state index contributed by atoms with van der Waals surface area (Å²) in [5.74, 6) is 2.70. The molecule has 0 aromatic carbocycles. The van der Waals surface area contributed by atoms with Crippen LogP contribution >= 0.6 is 0 Å². The number of aromatic nitrogens is 2. The normalized spacial score (nSPS) is 10.6. The van der Waals surface area contributed by atoms with Gasteiger partial charge in [-0.1, -0.05) is 0 Å². The van der Waals surface area contributed by atoms with Crippen molar-refractivity contribution < 1.29 is 4.42 Å². The zero-order chi connectivity index (χ0) is 13.0. The Morgan fingerprint density at radius 3 is 2.83 bits per heavy atom. The van der Waals surface area contributed by atoms with Crippen LogP contribution in [0.2, 0.25) is 0 Å². The summed E-state index contributed by atoms with van der Waals surface area (Å²) in [6.07, 6.45) is 3.53. The van der Waals surface area contributed by atoms with Crippen molar-refractivity contribution in [3.05, 3.63) is 41.7 Å². The molecule has 0 saturated heterocycles. The Balaban J connectivity index is 2.08. The van der Waals surface area contributed by atoms with Crippen LogP contribution in [0.5, 0.6) is 0 Å². The van der Waals surface area contributed by atoms with Crippen LogP contribution in [0.1, 0.15) is 17.2 Å². The predicted octanol–water partition coefficient (Wildman–Crippen LogP) is 1.73. The van der Waals surface area contributed by atoms with E-state index in [1.54, 1.807) is 12.4 Å². The molecule has 0 aliphatic heterocycles. The van der Waals surface area contributed by atoms with Crippen molar-refractivity contribution in [1.29, 1.82) is 0 Å². The lowest BCUT2D eigenvalue weighted by Gasteiger charge is -2.16. The Bertz CT molecular complexity index is 509. The van der Waals surface area contributed by atoms with Gasteiger partial charge in [0.2, 0.25) is 0 Å². The third-order valence-electron chi connectivity index (χ3n) is 2.61. The first-order valence-electron chi connectivity index (χ1n) is 5.91. The molecular formula is C13H18N4O. The topological polar surface area (TPSA) is 54.2 Å². The van der Waals surface area contributed by atoms with E-state index >= 15 is 0 Å². The van der Waals surface area contributed by atoms with E-state index in [9.17, 15) is 0 Å². The molecule has 0 fully saturated rings. The number of hydrogen-bond donors (Lipinski definition) is 1. The number of nitrogens with one attached hydrogen (secondary N) is 1. The van der Waals surface area contributed by atoms with E-state index < -0.39 is 0 Å². The zero-order valence-corrected chi connectivity index (χ0v) is 11.0. The minimum Gasteiger partial charge on any atom is -0.464 e. The third-order valence-corrected chi connectivity index (χ3v) is 2.61. The van der Waals surface area contributed by atoms with Gasteiger partial charge in [-0.05, 0) is 26.1 Å². The van der Waals surface area contributed by atoms with E-state index in [0.29, 0.717) is 13.1 Å². The number of anilines is 1. The van der Waals surface area contributed by atoms with Crippen molar-refractivity contribution in [3.63, 3.8) is 0 Å². The van der Waals surface area contributed by atoms with Crippen LogP contribution in [0.15, 0.2) is 28.9 Å². The van der Waals surface area contributed by atoms with E-state index in [1.165, 1.54) is 0 Å². The highest BCUT2D eigenvalue weighted by molar-refractivity contribution is 5.35. The predicted molar refractivity (Wildman–Crippen MR) is 70.3 cm³/mol. The van der Waals surface area contributed by atoms with Crippen LogP contribution in [0.3, 0.4) is 0 Å². The Morgan fingerprint density at radius 1 is 1.33 bits per heavy atom. The maximum Gasteiger partial charge on any atom is 0.147 e. The third kappa shape index (κ3) is 3.07. The fourth-order valence-electron chi connectivity index (χ4n) is 1.73. The summed E-state index contributed by atoms with van der Waals surface area (Å²) in [6, 6.07) is 3.95. The summed E-state index contributed by atoms with van der Waals surface area (Å²) in [6.45, 7) is 3.34. The Kier molecular flexibility index (Phi) is 3.94. The summed E-state index contributed by atoms with van der Waals surface area (Å²) >= 11 is 0. The van der Waals surface area contributed by atoms with E-state index in [2.05, 4.69) is 15.3 Å². The minimum atomic E-state index is 0.686. The van der Waals surface area contributed by atoms with Crippen molar-refractivity contribution in [2.75, 3.05) is 19.0 Å². The first kappa shape index (κ1) is 12.6. The van der Waals surface area contributed by atoms with Gasteiger partial charge in [-0.25, -0.2) is 4.98 Å². The van der Waals surface area contributed by atoms with Crippen LogP contribution < -0.4 is 10.2 Å². The van der Waals surface area contributed by atoms with Gasteiger partial charge in [0.05, 0.1) is 18.4 Å². The van der Waals surface area contributed by atoms with E-state index in [-0.39, 0.29) is 0 Å². The number of aryl methyl sites for hydroxylation is 1. The number of furan rings is 1. The van der Waals surface area contributed by atoms with Crippen LogP contribution in [0.4, 0.5) is 5.82 Å². The van der Waals surface area contributed by atoms with E-state index in [1.807, 2.05) is 38.1 Å². The molecule has 18 heavy (non-hydrogen) atoms. The zero-order valence-electron chi connectivity index (χ0n) is 11.0. The summed E-state index contributed by atoms with van der Waals surface area (Å²) in [4.78, 5) is 10.7. The Morgan fingerprint density at radius 2 is 2.17 bits per heavy atom. The monoisotopic (exact) mass is 246 g/mol. The second-order valence-electron chi connectivity index (χ2n) is 4.27. The molecule has 5 nitrogen and oxygen atoms in total. The van der Waals surface area contributed by atoms with Gasteiger partial charge >= 0.3 is 0 Å². The van der Waals surface area contributed by atoms with Crippen molar-refractivity contribution in [2.45, 2.75) is 20.0 Å². The highest BCUT2D eigenvalue weighted by Gasteiger charge is 2.07. The fourth-order valence-corrected chi connectivity index (χ4v) is 1.73. The average Bonchev–Trinajstić information content (AvgIpc) is 2.75. The molecule has 1 N–H and O–H groups in total. The van der Waals surface area contributed by atoms with E-state index in [4.69, 9.17) is 4.42 Å². The molecule has 0 radical (unpaired) electrons. The quantitative estimate of drug-likeness (QED) is 0.870. The molecule has 96 valence electrons. The fraction of sp³-hybridized carbons (Fsp3) is 0.385. The molecule has 0 aliphatic carbocycles. The van der Waals surface area contributed by atoms with Gasteiger partial charge in [0.25, 0.3) is 0 Å². The second-order valence-corrected chi connectivity index (χ2v) is 4.27. The summed E-state index contributed by atoms with van der Waals surface area (Å²) < 4.78 is 5.55. The SMILES string of the molecule is CNCc1cncc(N(C)Cc2ccc(C)o2)n1. The molecular weight excluding hydrogens is 228 g/mol. The summed E-state index contributed by atoms with van der Waals surface area (Å²) in [5, 5.41) is 3.06. The largest absolute Gasteiger partial charge is 0.464 e. The van der Waals surface area contributed by atoms with Crippen LogP contribution in [0, 0.1) is 6.92 Å². The molecule has 2 rings (SSSR count). The van der Waals surface area contributed by atoms with Crippen molar-refractivity contribution in [1.82, 2.24) is 15.3 Å². The molecule has 0 atom stereocenters. The minimum absolute atomic E-state index is 0.686. The smallest absolute Gasteiger partial charge is 0.147 e. The second kappa shape index (κ2) is 5.64. The number of rotatable bonds is 5. The van der Waals surface area contributed by atoms with Gasteiger partial charge in [-0.3, -0.25) is 4.98 Å². The van der Waals surface area contributed by atoms with E-state index in [0.717, 1.165) is 23.0 Å². The highest BCUT2D eigenvalue weighted by Crippen LogP contribution is 2.14. The lowest BCUT2D eigenvalue weighted by atomic mass is 10.4. The number of nitrogens with zero attached hydrogens (tertiary/aromatic N) is 3. The first-order chi connectivity index (χ1) is 8.69. The Hall–Kier alpha value is -1.88. The van der Waals surface area contributed by atoms with Gasteiger partial charge in [-0.2, -0.15) is 0 Å². The van der Waals surface area contributed by atoms with Crippen molar-refractivity contribution >= 4 is 5.82 Å². The molecule has 0 unspecified atom stereocenters. The first-order valence-corrected chi connectivity index (χ1v) is 5.91. The van der Waals surface area contributed by atoms with Gasteiger partial charge in [0.1, 0.15) is 17.3 Å². The van der Waals surface area contributed by atoms with Gasteiger partial charge in [-0.15, -0.1) is 0 Å². The summed E-state index contributed by atoms with van der Waals surface area (Å²) in [7, 11) is 3.87. The molecule has 2 aromatic rings. The lowest BCUT2D eigenvalue weighted by Crippen LogP contribution is -2.19. The molecule has 5 heteroatoms. The molecule has 2 heterocycles. The van der Waals surface area contributed by atoms with Crippen LogP contribution in [-0.2, 0) is 13.1 Å². The average molecular weight is 246 g/mol. The summed E-state index contributed by atoms with van der Waals surface area (Å²) in [5.41, 5.74) is 0.928. The van der Waals surface area contributed by atoms with Crippen LogP contribution in [-0.4, -0.2) is 24.1 Å². The van der Waals surface area contributed by atoms with Gasteiger partial charge < -0.3 is 14.6 Å². The molecule has 0 aliphatic rings. The lowest BCUT2D eigenvalue weighted by molar-refractivity contribution is 0.481. The molecule has 0 saturated carbocycles. The molecule has 0 amide bonds. The maximum absolute atomic E-state index is 5.55. The number of hydrogen-bond acceptors (Lipinski definition) is 5. The van der Waals surface area contributed by atoms with Crippen molar-refractivity contribution in [3.8, 4) is 0 Å².